The average molecular weight is 397 g/mol. The van der Waals surface area contributed by atoms with E-state index in [-0.39, 0.29) is 17.2 Å². The third-order valence-corrected chi connectivity index (χ3v) is 4.23. The van der Waals surface area contributed by atoms with E-state index in [2.05, 4.69) is 11.9 Å². The van der Waals surface area contributed by atoms with Crippen LogP contribution in [0, 0.1) is 10.1 Å². The molecule has 1 atom stereocenters. The van der Waals surface area contributed by atoms with Gasteiger partial charge in [0.15, 0.2) is 0 Å². The van der Waals surface area contributed by atoms with Crippen LogP contribution in [0.2, 0.25) is 0 Å². The van der Waals surface area contributed by atoms with Crippen LogP contribution in [0.15, 0.2) is 61.2 Å². The number of rotatable bonds is 9. The smallest absolute Gasteiger partial charge is 0.270 e. The van der Waals surface area contributed by atoms with Crippen LogP contribution in [-0.4, -0.2) is 41.3 Å². The van der Waals surface area contributed by atoms with Crippen molar-refractivity contribution in [3.8, 4) is 5.75 Å². The van der Waals surface area contributed by atoms with Gasteiger partial charge in [0, 0.05) is 30.8 Å². The minimum atomic E-state index is -0.819. The quantitative estimate of drug-likeness (QED) is 0.398. The van der Waals surface area contributed by atoms with Crippen LogP contribution in [0.1, 0.15) is 22.8 Å². The van der Waals surface area contributed by atoms with E-state index in [1.807, 2.05) is 12.1 Å². The molecule has 0 saturated heterocycles. The second kappa shape index (κ2) is 10.0. The highest BCUT2D eigenvalue weighted by Gasteiger charge is 2.23. The van der Waals surface area contributed by atoms with Crippen molar-refractivity contribution in [2.45, 2.75) is 19.5 Å². The van der Waals surface area contributed by atoms with Crippen LogP contribution in [0.25, 0.3) is 0 Å². The number of amides is 2. The lowest BCUT2D eigenvalue weighted by Gasteiger charge is -2.25. The lowest BCUT2D eigenvalue weighted by molar-refractivity contribution is -0.384. The van der Waals surface area contributed by atoms with Gasteiger partial charge in [-0.05, 0) is 30.7 Å². The molecule has 2 aromatic rings. The van der Waals surface area contributed by atoms with Crippen molar-refractivity contribution in [2.75, 3.05) is 13.7 Å². The lowest BCUT2D eigenvalue weighted by atomic mass is 10.1. The van der Waals surface area contributed by atoms with E-state index >= 15 is 0 Å². The first-order chi connectivity index (χ1) is 13.8. The number of nitrogens with one attached hydrogen (secondary N) is 1. The Morgan fingerprint density at radius 1 is 1.28 bits per heavy atom. The van der Waals surface area contributed by atoms with Crippen molar-refractivity contribution in [3.05, 3.63) is 82.4 Å². The molecule has 0 bridgehead atoms. The van der Waals surface area contributed by atoms with Gasteiger partial charge < -0.3 is 15.0 Å². The van der Waals surface area contributed by atoms with E-state index in [4.69, 9.17) is 4.74 Å². The van der Waals surface area contributed by atoms with Gasteiger partial charge in [-0.15, -0.1) is 6.58 Å². The SMILES string of the molecule is C=CCN(Cc1ccc(OC)cc1)C(=O)C(C)NC(=O)c1cccc([N+](=O)[O-])c1. The summed E-state index contributed by atoms with van der Waals surface area (Å²) in [6.07, 6.45) is 1.61. The van der Waals surface area contributed by atoms with E-state index in [9.17, 15) is 19.7 Å². The van der Waals surface area contributed by atoms with E-state index in [0.29, 0.717) is 18.8 Å². The summed E-state index contributed by atoms with van der Waals surface area (Å²) in [6.45, 7) is 5.90. The molecule has 0 saturated carbocycles. The molecular weight excluding hydrogens is 374 g/mol. The molecule has 1 unspecified atom stereocenters. The zero-order chi connectivity index (χ0) is 21.4. The van der Waals surface area contributed by atoms with Crippen molar-refractivity contribution >= 4 is 17.5 Å². The predicted molar refractivity (Wildman–Crippen MR) is 109 cm³/mol. The average Bonchev–Trinajstić information content (AvgIpc) is 2.73. The maximum absolute atomic E-state index is 12.8. The van der Waals surface area contributed by atoms with Gasteiger partial charge in [-0.25, -0.2) is 0 Å². The third-order valence-electron chi connectivity index (χ3n) is 4.23. The van der Waals surface area contributed by atoms with Crippen LogP contribution < -0.4 is 10.1 Å². The molecule has 0 heterocycles. The monoisotopic (exact) mass is 397 g/mol. The number of methoxy groups -OCH3 is 1. The summed E-state index contributed by atoms with van der Waals surface area (Å²) in [6, 6.07) is 11.9. The van der Waals surface area contributed by atoms with Crippen molar-refractivity contribution < 1.29 is 19.2 Å². The molecule has 0 spiro atoms. The number of nitro groups is 1. The number of benzene rings is 2. The second-order valence-electron chi connectivity index (χ2n) is 6.36. The fourth-order valence-electron chi connectivity index (χ4n) is 2.72. The summed E-state index contributed by atoms with van der Waals surface area (Å²) in [5, 5.41) is 13.5. The standard InChI is InChI=1S/C21H23N3O5/c1-4-12-23(14-16-8-10-19(29-3)11-9-16)21(26)15(2)22-20(25)17-6-5-7-18(13-17)24(27)28/h4-11,13,15H,1,12,14H2,2-3H3,(H,22,25). The lowest BCUT2D eigenvalue weighted by Crippen LogP contribution is -2.46. The predicted octanol–water partition coefficient (Wildman–Crippen LogP) is 2.94. The fraction of sp³-hybridized carbons (Fsp3) is 0.238. The number of hydrogen-bond acceptors (Lipinski definition) is 5. The van der Waals surface area contributed by atoms with E-state index in [1.165, 1.54) is 24.3 Å². The third kappa shape index (κ3) is 5.90. The van der Waals surface area contributed by atoms with Crippen molar-refractivity contribution in [2.24, 2.45) is 0 Å². The van der Waals surface area contributed by atoms with Gasteiger partial charge in [0.1, 0.15) is 11.8 Å². The van der Waals surface area contributed by atoms with Crippen molar-refractivity contribution in [3.63, 3.8) is 0 Å². The Bertz CT molecular complexity index is 895. The molecular formula is C21H23N3O5. The van der Waals surface area contributed by atoms with Crippen molar-refractivity contribution in [1.82, 2.24) is 10.2 Å². The molecule has 2 amide bonds. The molecule has 0 radical (unpaired) electrons. The van der Waals surface area contributed by atoms with Crippen LogP contribution in [-0.2, 0) is 11.3 Å². The molecule has 152 valence electrons. The van der Waals surface area contributed by atoms with Gasteiger partial charge in [-0.3, -0.25) is 19.7 Å². The molecule has 0 aliphatic rings. The molecule has 1 N–H and O–H groups in total. The number of nitro benzene ring substituents is 1. The number of hydrogen-bond donors (Lipinski definition) is 1. The van der Waals surface area contributed by atoms with Gasteiger partial charge >= 0.3 is 0 Å². The Kier molecular flexibility index (Phi) is 7.47. The van der Waals surface area contributed by atoms with Gasteiger partial charge in [-0.1, -0.05) is 24.3 Å². The largest absolute Gasteiger partial charge is 0.497 e. The van der Waals surface area contributed by atoms with Crippen LogP contribution >= 0.6 is 0 Å². The maximum atomic E-state index is 12.8. The second-order valence-corrected chi connectivity index (χ2v) is 6.36. The molecule has 0 fully saturated rings. The minimum absolute atomic E-state index is 0.115. The summed E-state index contributed by atoms with van der Waals surface area (Å²) < 4.78 is 5.13. The Morgan fingerprint density at radius 3 is 2.55 bits per heavy atom. The number of ether oxygens (including phenoxy) is 1. The molecule has 29 heavy (non-hydrogen) atoms. The number of carbonyl (C=O) groups excluding carboxylic acids is 2. The van der Waals surface area contributed by atoms with E-state index in [1.54, 1.807) is 37.1 Å². The Balaban J connectivity index is 2.07. The molecule has 0 aliphatic heterocycles. The van der Waals surface area contributed by atoms with Gasteiger partial charge in [0.05, 0.1) is 12.0 Å². The summed E-state index contributed by atoms with van der Waals surface area (Å²) in [7, 11) is 1.58. The first kappa shape index (κ1) is 21.6. The molecule has 8 heteroatoms. The first-order valence-electron chi connectivity index (χ1n) is 8.93. The van der Waals surface area contributed by atoms with Gasteiger partial charge in [-0.2, -0.15) is 0 Å². The van der Waals surface area contributed by atoms with Gasteiger partial charge in [0.25, 0.3) is 11.6 Å². The Morgan fingerprint density at radius 2 is 1.97 bits per heavy atom. The minimum Gasteiger partial charge on any atom is -0.497 e. The zero-order valence-corrected chi connectivity index (χ0v) is 16.3. The molecule has 8 nitrogen and oxygen atoms in total. The van der Waals surface area contributed by atoms with Crippen LogP contribution in [0.3, 0.4) is 0 Å². The summed E-state index contributed by atoms with van der Waals surface area (Å²) in [5.41, 5.74) is 0.826. The summed E-state index contributed by atoms with van der Waals surface area (Å²) >= 11 is 0. The molecule has 0 aliphatic carbocycles. The van der Waals surface area contributed by atoms with Crippen LogP contribution in [0.5, 0.6) is 5.75 Å². The number of nitrogens with zero attached hydrogens (tertiary/aromatic N) is 2. The number of carbonyl (C=O) groups is 2. The number of non-ortho nitro benzene ring substituents is 1. The summed E-state index contributed by atoms with van der Waals surface area (Å²) in [5.74, 6) is -0.134. The Labute approximate surface area is 168 Å². The highest BCUT2D eigenvalue weighted by atomic mass is 16.6. The molecule has 2 aromatic carbocycles. The normalized spacial score (nSPS) is 11.2. The van der Waals surface area contributed by atoms with Gasteiger partial charge in [0.2, 0.25) is 5.91 Å². The molecule has 2 rings (SSSR count). The van der Waals surface area contributed by atoms with E-state index in [0.717, 1.165) is 5.56 Å². The maximum Gasteiger partial charge on any atom is 0.270 e. The summed E-state index contributed by atoms with van der Waals surface area (Å²) in [4.78, 5) is 37.1. The first-order valence-corrected chi connectivity index (χ1v) is 8.93. The van der Waals surface area contributed by atoms with E-state index < -0.39 is 16.9 Å². The molecule has 0 aromatic heterocycles. The van der Waals surface area contributed by atoms with Crippen LogP contribution in [0.4, 0.5) is 5.69 Å². The zero-order valence-electron chi connectivity index (χ0n) is 16.3. The highest BCUT2D eigenvalue weighted by molar-refractivity contribution is 5.97. The van der Waals surface area contributed by atoms with Crippen molar-refractivity contribution in [1.29, 1.82) is 0 Å². The fourth-order valence-corrected chi connectivity index (χ4v) is 2.72. The highest BCUT2D eigenvalue weighted by Crippen LogP contribution is 2.15. The Hall–Kier alpha value is -3.68. The topological polar surface area (TPSA) is 102 Å².